The maximum atomic E-state index is 6.40. The monoisotopic (exact) mass is 418 g/mol. The Hall–Kier alpha value is -2.70. The first-order chi connectivity index (χ1) is 13.5. The average Bonchev–Trinajstić information content (AvgIpc) is 3.35. The van der Waals surface area contributed by atoms with Crippen molar-refractivity contribution in [3.8, 4) is 28.6 Å². The van der Waals surface area contributed by atoms with Gasteiger partial charge in [0.25, 0.3) is 12.2 Å². The van der Waals surface area contributed by atoms with Crippen LogP contribution >= 0.6 is 23.2 Å². The first-order valence-electron chi connectivity index (χ1n) is 8.57. The number of hydrogen-bond donors (Lipinski definition) is 0. The van der Waals surface area contributed by atoms with E-state index in [2.05, 4.69) is 10.1 Å². The molecule has 0 amide bonds. The van der Waals surface area contributed by atoms with Crippen LogP contribution in [0.4, 0.5) is 0 Å². The van der Waals surface area contributed by atoms with Gasteiger partial charge in [-0.3, -0.25) is 0 Å². The van der Waals surface area contributed by atoms with Crippen LogP contribution in [-0.4, -0.2) is 16.2 Å². The molecule has 4 rings (SSSR count). The van der Waals surface area contributed by atoms with Gasteiger partial charge < -0.3 is 18.7 Å². The number of halogens is 2. The summed E-state index contributed by atoms with van der Waals surface area (Å²) in [6.45, 7) is 3.87. The molecule has 0 radical (unpaired) electrons. The number of aromatic nitrogens is 2. The van der Waals surface area contributed by atoms with E-state index >= 15 is 0 Å². The lowest BCUT2D eigenvalue weighted by Gasteiger charge is -2.11. The highest BCUT2D eigenvalue weighted by Crippen LogP contribution is 2.34. The second-order valence-electron chi connectivity index (χ2n) is 6.35. The fourth-order valence-electron chi connectivity index (χ4n) is 2.69. The van der Waals surface area contributed by atoms with Gasteiger partial charge in [0.2, 0.25) is 5.82 Å². The summed E-state index contributed by atoms with van der Waals surface area (Å²) in [4.78, 5) is 4.43. The summed E-state index contributed by atoms with van der Waals surface area (Å²) < 4.78 is 21.7. The third-order valence-electron chi connectivity index (χ3n) is 3.93. The minimum absolute atomic E-state index is 0.0271. The van der Waals surface area contributed by atoms with Gasteiger partial charge in [0.1, 0.15) is 18.3 Å². The predicted octanol–water partition coefficient (Wildman–Crippen LogP) is 6.01. The molecule has 6 nitrogen and oxygen atoms in total. The Balaban J connectivity index is 1.58. The highest BCUT2D eigenvalue weighted by atomic mass is 35.5. The summed E-state index contributed by atoms with van der Waals surface area (Å²) in [7, 11) is 0. The van der Waals surface area contributed by atoms with Crippen molar-refractivity contribution in [3.05, 3.63) is 64.5 Å². The summed E-state index contributed by atoms with van der Waals surface area (Å²) in [6.07, 6.45) is 2.50. The summed E-state index contributed by atoms with van der Waals surface area (Å²) in [5.74, 6) is 1.31. The second-order valence-corrected chi connectivity index (χ2v) is 7.16. The Kier molecular flexibility index (Phi) is 5.15. The van der Waals surface area contributed by atoms with Crippen molar-refractivity contribution in [1.82, 2.24) is 10.1 Å². The van der Waals surface area contributed by atoms with E-state index < -0.39 is 6.29 Å². The Labute approximate surface area is 171 Å². The highest BCUT2D eigenvalue weighted by Gasteiger charge is 2.19. The Bertz CT molecular complexity index is 1020. The fraction of sp³-hybridized carbons (Fsp3) is 0.200. The summed E-state index contributed by atoms with van der Waals surface area (Å²) in [6, 6.07) is 10.7. The van der Waals surface area contributed by atoms with E-state index in [1.807, 2.05) is 26.0 Å². The molecule has 0 bridgehead atoms. The van der Waals surface area contributed by atoms with E-state index in [4.69, 9.17) is 41.9 Å². The third kappa shape index (κ3) is 3.79. The Morgan fingerprint density at radius 3 is 2.46 bits per heavy atom. The molecule has 0 saturated heterocycles. The fourth-order valence-corrected chi connectivity index (χ4v) is 3.19. The highest BCUT2D eigenvalue weighted by molar-refractivity contribution is 6.33. The molecule has 0 spiro atoms. The van der Waals surface area contributed by atoms with Crippen molar-refractivity contribution in [2.45, 2.75) is 26.2 Å². The number of rotatable bonds is 5. The van der Waals surface area contributed by atoms with Gasteiger partial charge >= 0.3 is 0 Å². The zero-order valence-electron chi connectivity index (χ0n) is 15.1. The average molecular weight is 419 g/mol. The molecule has 0 N–H and O–H groups in total. The van der Waals surface area contributed by atoms with Gasteiger partial charge in [-0.15, -0.1) is 0 Å². The molecule has 3 aromatic rings. The Morgan fingerprint density at radius 2 is 1.79 bits per heavy atom. The van der Waals surface area contributed by atoms with Crippen LogP contribution in [0.15, 0.2) is 53.4 Å². The van der Waals surface area contributed by atoms with Crippen LogP contribution in [0.1, 0.15) is 25.7 Å². The molecule has 0 atom stereocenters. The molecular weight excluding hydrogens is 403 g/mol. The van der Waals surface area contributed by atoms with Gasteiger partial charge in [-0.05, 0) is 44.2 Å². The Morgan fingerprint density at radius 1 is 1.00 bits per heavy atom. The van der Waals surface area contributed by atoms with Crippen LogP contribution in [0.3, 0.4) is 0 Å². The molecule has 0 saturated carbocycles. The van der Waals surface area contributed by atoms with Gasteiger partial charge in [0.15, 0.2) is 0 Å². The van der Waals surface area contributed by atoms with E-state index in [9.17, 15) is 0 Å². The van der Waals surface area contributed by atoms with Crippen molar-refractivity contribution in [1.29, 1.82) is 0 Å². The van der Waals surface area contributed by atoms with Crippen molar-refractivity contribution < 1.29 is 18.7 Å². The van der Waals surface area contributed by atoms with E-state index in [0.717, 1.165) is 5.56 Å². The number of hydrogen-bond acceptors (Lipinski definition) is 6. The van der Waals surface area contributed by atoms with E-state index in [0.29, 0.717) is 38.6 Å². The lowest BCUT2D eigenvalue weighted by molar-refractivity contribution is -0.0245. The number of nitrogens with zero attached hydrogens (tertiary/aromatic N) is 2. The molecule has 1 aromatic heterocycles. The predicted molar refractivity (Wildman–Crippen MR) is 105 cm³/mol. The molecule has 28 heavy (non-hydrogen) atoms. The largest absolute Gasteiger partial charge is 0.489 e. The van der Waals surface area contributed by atoms with Crippen LogP contribution in [0.5, 0.6) is 5.75 Å². The normalized spacial score (nSPS) is 13.6. The van der Waals surface area contributed by atoms with Gasteiger partial charge in [0, 0.05) is 16.7 Å². The number of ether oxygens (including phenoxy) is 3. The van der Waals surface area contributed by atoms with Crippen LogP contribution < -0.4 is 4.74 Å². The zero-order chi connectivity index (χ0) is 19.7. The standard InChI is InChI=1S/C20H16Cl2N2O4/c1-11(2)27-17-6-4-12(9-16(17)22)19-23-18(24-28-19)14-5-3-13(10-15(14)21)20-25-7-8-26-20/h3-11,20H,1-2H3. The minimum Gasteiger partial charge on any atom is -0.489 e. The van der Waals surface area contributed by atoms with Crippen LogP contribution in [-0.2, 0) is 9.47 Å². The molecule has 1 aliphatic heterocycles. The zero-order valence-corrected chi connectivity index (χ0v) is 16.6. The van der Waals surface area contributed by atoms with Crippen molar-refractivity contribution in [2.24, 2.45) is 0 Å². The molecule has 8 heteroatoms. The SMILES string of the molecule is CC(C)Oc1ccc(-c2nc(-c3ccc(C4OC=CO4)cc3Cl)no2)cc1Cl. The third-order valence-corrected chi connectivity index (χ3v) is 4.54. The maximum Gasteiger partial charge on any atom is 0.266 e. The molecule has 0 aliphatic carbocycles. The minimum atomic E-state index is -0.499. The van der Waals surface area contributed by atoms with Crippen molar-refractivity contribution >= 4 is 23.2 Å². The van der Waals surface area contributed by atoms with Gasteiger partial charge in [-0.1, -0.05) is 34.4 Å². The molecule has 144 valence electrons. The van der Waals surface area contributed by atoms with Crippen LogP contribution in [0, 0.1) is 0 Å². The molecule has 1 aliphatic rings. The van der Waals surface area contributed by atoms with E-state index in [1.54, 1.807) is 24.3 Å². The lowest BCUT2D eigenvalue weighted by Crippen LogP contribution is -2.05. The lowest BCUT2D eigenvalue weighted by atomic mass is 10.1. The summed E-state index contributed by atoms with van der Waals surface area (Å²) >= 11 is 12.7. The quantitative estimate of drug-likeness (QED) is 0.504. The van der Waals surface area contributed by atoms with Crippen molar-refractivity contribution in [2.75, 3.05) is 0 Å². The van der Waals surface area contributed by atoms with Gasteiger partial charge in [-0.2, -0.15) is 4.98 Å². The molecule has 0 fully saturated rings. The van der Waals surface area contributed by atoms with E-state index in [1.165, 1.54) is 12.5 Å². The van der Waals surface area contributed by atoms with Crippen LogP contribution in [0.2, 0.25) is 10.0 Å². The second kappa shape index (κ2) is 7.73. The molecule has 2 aromatic carbocycles. The first kappa shape index (κ1) is 18.7. The molecule has 0 unspecified atom stereocenters. The van der Waals surface area contributed by atoms with Crippen molar-refractivity contribution in [3.63, 3.8) is 0 Å². The molecular formula is C20H16Cl2N2O4. The van der Waals surface area contributed by atoms with Crippen LogP contribution in [0.25, 0.3) is 22.8 Å². The summed E-state index contributed by atoms with van der Waals surface area (Å²) in [5.41, 5.74) is 2.11. The topological polar surface area (TPSA) is 66.6 Å². The maximum absolute atomic E-state index is 6.40. The van der Waals surface area contributed by atoms with Gasteiger partial charge in [0.05, 0.1) is 16.1 Å². The van der Waals surface area contributed by atoms with E-state index in [-0.39, 0.29) is 6.10 Å². The molecule has 2 heterocycles. The van der Waals surface area contributed by atoms with Gasteiger partial charge in [-0.25, -0.2) is 0 Å². The number of benzene rings is 2. The summed E-state index contributed by atoms with van der Waals surface area (Å²) in [5, 5.41) is 4.96. The smallest absolute Gasteiger partial charge is 0.266 e. The first-order valence-corrected chi connectivity index (χ1v) is 9.33.